The van der Waals surface area contributed by atoms with E-state index in [1.54, 1.807) is 0 Å². The van der Waals surface area contributed by atoms with E-state index in [9.17, 15) is 0 Å². The van der Waals surface area contributed by atoms with Crippen LogP contribution in [0.15, 0.2) is 0 Å². The van der Waals surface area contributed by atoms with E-state index in [0.717, 1.165) is 6.04 Å². The largest absolute Gasteiger partial charge is 0.317 e. The summed E-state index contributed by atoms with van der Waals surface area (Å²) in [5, 5.41) is 3.47. The quantitative estimate of drug-likeness (QED) is 0.641. The predicted octanol–water partition coefficient (Wildman–Crippen LogP) is 1.47. The molecular weight excluding hydrogens is 148 g/mol. The molecule has 2 nitrogen and oxygen atoms in total. The Hall–Kier alpha value is -0.0800. The van der Waals surface area contributed by atoms with E-state index < -0.39 is 0 Å². The van der Waals surface area contributed by atoms with E-state index in [2.05, 4.69) is 10.2 Å². The second kappa shape index (κ2) is 4.24. The van der Waals surface area contributed by atoms with Gasteiger partial charge in [0.05, 0.1) is 0 Å². The van der Waals surface area contributed by atoms with Gasteiger partial charge in [0.25, 0.3) is 0 Å². The molecule has 2 aliphatic rings. The molecule has 72 valence electrons. The van der Waals surface area contributed by atoms with Gasteiger partial charge in [0.1, 0.15) is 0 Å². The second-order valence-corrected chi connectivity index (χ2v) is 4.08. The van der Waals surface area contributed by atoms with Crippen LogP contribution in [-0.2, 0) is 0 Å². The summed E-state index contributed by atoms with van der Waals surface area (Å²) < 4.78 is 0. The van der Waals surface area contributed by atoms with Crippen LogP contribution in [0.5, 0.6) is 0 Å². The van der Waals surface area contributed by atoms with Gasteiger partial charge in [0.15, 0.2) is 0 Å². The number of hydrogen-bond acceptors (Lipinski definition) is 2. The van der Waals surface area contributed by atoms with Gasteiger partial charge in [-0.25, -0.2) is 0 Å². The molecular formula is C10H22N2. The number of likely N-dealkylation sites (tertiary alicyclic amines) is 1. The molecule has 0 aliphatic carbocycles. The molecule has 12 heavy (non-hydrogen) atoms. The standard InChI is InChI=1S/C10H20N2.H2/c1-2-9-12(8-1)10-4-3-6-11-7-5-10;/h10-11H,1-9H2;1H. The third-order valence-electron chi connectivity index (χ3n) is 3.20. The van der Waals surface area contributed by atoms with Gasteiger partial charge in [0, 0.05) is 7.47 Å². The molecule has 0 aromatic carbocycles. The van der Waals surface area contributed by atoms with Gasteiger partial charge in [-0.3, -0.25) is 0 Å². The van der Waals surface area contributed by atoms with Crippen molar-refractivity contribution in [3.8, 4) is 0 Å². The predicted molar refractivity (Wildman–Crippen MR) is 53.4 cm³/mol. The molecule has 2 heterocycles. The van der Waals surface area contributed by atoms with Gasteiger partial charge in [-0.2, -0.15) is 0 Å². The maximum Gasteiger partial charge on any atom is 0.0108 e. The van der Waals surface area contributed by atoms with Crippen molar-refractivity contribution in [2.24, 2.45) is 0 Å². The van der Waals surface area contributed by atoms with Gasteiger partial charge in [-0.15, -0.1) is 0 Å². The van der Waals surface area contributed by atoms with Gasteiger partial charge in [-0.1, -0.05) is 0 Å². The monoisotopic (exact) mass is 170 g/mol. The number of hydrogen-bond donors (Lipinski definition) is 1. The first-order valence-electron chi connectivity index (χ1n) is 5.41. The zero-order valence-corrected chi connectivity index (χ0v) is 7.89. The number of rotatable bonds is 1. The maximum atomic E-state index is 3.47. The lowest BCUT2D eigenvalue weighted by Crippen LogP contribution is -2.33. The smallest absolute Gasteiger partial charge is 0.0108 e. The Morgan fingerprint density at radius 1 is 1.00 bits per heavy atom. The summed E-state index contributed by atoms with van der Waals surface area (Å²) >= 11 is 0. The first-order valence-corrected chi connectivity index (χ1v) is 5.41. The fourth-order valence-electron chi connectivity index (χ4n) is 2.47. The first-order chi connectivity index (χ1) is 5.97. The zero-order chi connectivity index (χ0) is 8.23. The number of nitrogens with zero attached hydrogens (tertiary/aromatic N) is 1. The van der Waals surface area contributed by atoms with Gasteiger partial charge < -0.3 is 10.2 Å². The lowest BCUT2D eigenvalue weighted by molar-refractivity contribution is 0.225. The average Bonchev–Trinajstić information content (AvgIpc) is 2.48. The van der Waals surface area contributed by atoms with Gasteiger partial charge in [0.2, 0.25) is 0 Å². The van der Waals surface area contributed by atoms with Crippen molar-refractivity contribution in [1.29, 1.82) is 0 Å². The van der Waals surface area contributed by atoms with Crippen LogP contribution in [0.1, 0.15) is 33.5 Å². The molecule has 0 aromatic heterocycles. The molecule has 0 spiro atoms. The van der Waals surface area contributed by atoms with E-state index in [1.165, 1.54) is 58.3 Å². The normalized spacial score (nSPS) is 33.5. The molecule has 0 radical (unpaired) electrons. The lowest BCUT2D eigenvalue weighted by Gasteiger charge is -2.25. The van der Waals surface area contributed by atoms with Crippen molar-refractivity contribution < 1.29 is 1.43 Å². The summed E-state index contributed by atoms with van der Waals surface area (Å²) in [5.41, 5.74) is 0. The minimum Gasteiger partial charge on any atom is -0.317 e. The van der Waals surface area contributed by atoms with Crippen molar-refractivity contribution in [2.45, 2.75) is 38.1 Å². The molecule has 2 fully saturated rings. The molecule has 0 aromatic rings. The minimum atomic E-state index is 0. The molecule has 0 bridgehead atoms. The van der Waals surface area contributed by atoms with Crippen molar-refractivity contribution in [2.75, 3.05) is 26.2 Å². The Kier molecular flexibility index (Phi) is 3.01. The van der Waals surface area contributed by atoms with E-state index in [-0.39, 0.29) is 1.43 Å². The van der Waals surface area contributed by atoms with E-state index in [4.69, 9.17) is 0 Å². The highest BCUT2D eigenvalue weighted by Gasteiger charge is 2.21. The third kappa shape index (κ3) is 1.99. The first kappa shape index (κ1) is 8.52. The van der Waals surface area contributed by atoms with Gasteiger partial charge in [-0.05, 0) is 58.3 Å². The van der Waals surface area contributed by atoms with E-state index in [0.29, 0.717) is 0 Å². The van der Waals surface area contributed by atoms with Crippen molar-refractivity contribution >= 4 is 0 Å². The summed E-state index contributed by atoms with van der Waals surface area (Å²) in [4.78, 5) is 2.70. The van der Waals surface area contributed by atoms with Crippen molar-refractivity contribution in [3.63, 3.8) is 0 Å². The molecule has 2 aliphatic heterocycles. The molecule has 0 amide bonds. The molecule has 2 rings (SSSR count). The molecule has 0 saturated carbocycles. The molecule has 2 saturated heterocycles. The summed E-state index contributed by atoms with van der Waals surface area (Å²) in [6.45, 7) is 5.21. The van der Waals surface area contributed by atoms with Crippen LogP contribution >= 0.6 is 0 Å². The van der Waals surface area contributed by atoms with Gasteiger partial charge >= 0.3 is 0 Å². The summed E-state index contributed by atoms with van der Waals surface area (Å²) in [7, 11) is 0. The van der Waals surface area contributed by atoms with Crippen molar-refractivity contribution in [1.82, 2.24) is 10.2 Å². The Labute approximate surface area is 76.8 Å². The van der Waals surface area contributed by atoms with Crippen LogP contribution in [0.4, 0.5) is 0 Å². The highest BCUT2D eigenvalue weighted by atomic mass is 15.2. The van der Waals surface area contributed by atoms with Crippen LogP contribution in [0.2, 0.25) is 0 Å². The lowest BCUT2D eigenvalue weighted by atomic mass is 10.1. The molecule has 1 unspecified atom stereocenters. The Balaban J connectivity index is 0.000000845. The Bertz CT molecular complexity index is 127. The Morgan fingerprint density at radius 3 is 2.67 bits per heavy atom. The van der Waals surface area contributed by atoms with Crippen LogP contribution < -0.4 is 5.32 Å². The molecule has 2 heteroatoms. The summed E-state index contributed by atoms with van der Waals surface area (Å²) in [6, 6.07) is 0.905. The zero-order valence-electron chi connectivity index (χ0n) is 7.89. The average molecular weight is 170 g/mol. The molecule has 1 N–H and O–H groups in total. The van der Waals surface area contributed by atoms with Crippen LogP contribution in [0.3, 0.4) is 0 Å². The van der Waals surface area contributed by atoms with E-state index >= 15 is 0 Å². The summed E-state index contributed by atoms with van der Waals surface area (Å²) in [6.07, 6.45) is 7.04. The fourth-order valence-corrected chi connectivity index (χ4v) is 2.47. The fraction of sp³-hybridized carbons (Fsp3) is 1.00. The highest BCUT2D eigenvalue weighted by molar-refractivity contribution is 4.79. The molecule has 1 atom stereocenters. The van der Waals surface area contributed by atoms with Crippen LogP contribution in [0, 0.1) is 0 Å². The van der Waals surface area contributed by atoms with Crippen molar-refractivity contribution in [3.05, 3.63) is 0 Å². The second-order valence-electron chi connectivity index (χ2n) is 4.08. The third-order valence-corrected chi connectivity index (χ3v) is 3.20. The van der Waals surface area contributed by atoms with E-state index in [1.807, 2.05) is 0 Å². The topological polar surface area (TPSA) is 15.3 Å². The van der Waals surface area contributed by atoms with Crippen LogP contribution in [0.25, 0.3) is 0 Å². The SMILES string of the molecule is C1CNCCC(N2CCCC2)C1.[HH]. The highest BCUT2D eigenvalue weighted by Crippen LogP contribution is 2.18. The minimum absolute atomic E-state index is 0. The number of nitrogens with one attached hydrogen (secondary N) is 1. The van der Waals surface area contributed by atoms with Crippen LogP contribution in [-0.4, -0.2) is 37.1 Å². The summed E-state index contributed by atoms with van der Waals surface area (Å²) in [5.74, 6) is 0. The Morgan fingerprint density at radius 2 is 1.83 bits per heavy atom. The maximum absolute atomic E-state index is 3.47.